The Kier molecular flexibility index (Phi) is 9.76. The van der Waals surface area contributed by atoms with E-state index in [0.29, 0.717) is 11.6 Å². The average molecular weight is 648 g/mol. The van der Waals surface area contributed by atoms with Crippen molar-refractivity contribution >= 4 is 26.7 Å². The SMILES string of the molecule is COC(=O)c1c(CN2CCC(N3CCCCC3)CC2)c(-c2cccc(C(F)(F)F)c2)nc2cc(OC)c(S(=O)(=O)C(C)C)cc12. The van der Waals surface area contributed by atoms with Crippen LogP contribution in [0.15, 0.2) is 41.3 Å². The number of ether oxygens (including phenoxy) is 2. The summed E-state index contributed by atoms with van der Waals surface area (Å²) in [4.78, 5) is 23.0. The van der Waals surface area contributed by atoms with Crippen LogP contribution in [-0.2, 0) is 27.3 Å². The highest BCUT2D eigenvalue weighted by atomic mass is 32.2. The fraction of sp³-hybridized carbons (Fsp3) is 0.515. The molecule has 12 heteroatoms. The van der Waals surface area contributed by atoms with E-state index in [1.165, 1.54) is 57.7 Å². The van der Waals surface area contributed by atoms with E-state index >= 15 is 0 Å². The van der Waals surface area contributed by atoms with Crippen molar-refractivity contribution < 1.29 is 35.9 Å². The van der Waals surface area contributed by atoms with Crippen molar-refractivity contribution in [3.8, 4) is 17.0 Å². The van der Waals surface area contributed by atoms with E-state index in [-0.39, 0.29) is 44.9 Å². The molecular weight excluding hydrogens is 607 g/mol. The molecule has 5 rings (SSSR count). The molecule has 0 amide bonds. The summed E-state index contributed by atoms with van der Waals surface area (Å²) in [5, 5.41) is -0.542. The van der Waals surface area contributed by atoms with Gasteiger partial charge in [0.2, 0.25) is 0 Å². The lowest BCUT2D eigenvalue weighted by atomic mass is 9.94. The first kappa shape index (κ1) is 33.2. The molecule has 3 aromatic rings. The molecule has 0 N–H and O–H groups in total. The first-order valence-corrected chi connectivity index (χ1v) is 16.9. The van der Waals surface area contributed by atoms with Crippen molar-refractivity contribution in [2.75, 3.05) is 40.4 Å². The number of carbonyl (C=O) groups is 1. The zero-order valence-corrected chi connectivity index (χ0v) is 26.9. The quantitative estimate of drug-likeness (QED) is 0.262. The van der Waals surface area contributed by atoms with Crippen LogP contribution in [0.1, 0.15) is 67.4 Å². The minimum atomic E-state index is -4.59. The highest BCUT2D eigenvalue weighted by Gasteiger charge is 2.33. The average Bonchev–Trinajstić information content (AvgIpc) is 3.03. The third-order valence-electron chi connectivity index (χ3n) is 9.00. The van der Waals surface area contributed by atoms with Gasteiger partial charge in [-0.25, -0.2) is 18.2 Å². The zero-order valence-electron chi connectivity index (χ0n) is 26.1. The topological polar surface area (TPSA) is 89.0 Å². The minimum Gasteiger partial charge on any atom is -0.495 e. The number of rotatable bonds is 8. The van der Waals surface area contributed by atoms with Crippen LogP contribution >= 0.6 is 0 Å². The van der Waals surface area contributed by atoms with Crippen molar-refractivity contribution in [1.82, 2.24) is 14.8 Å². The molecular formula is C33H40F3N3O5S. The van der Waals surface area contributed by atoms with Crippen LogP contribution in [0.2, 0.25) is 0 Å². The summed E-state index contributed by atoms with van der Waals surface area (Å²) in [5.74, 6) is -0.700. The summed E-state index contributed by atoms with van der Waals surface area (Å²) in [6.07, 6.45) is 0.932. The second-order valence-electron chi connectivity index (χ2n) is 12.1. The van der Waals surface area contributed by atoms with Gasteiger partial charge in [0, 0.05) is 35.2 Å². The van der Waals surface area contributed by atoms with Crippen LogP contribution in [0.4, 0.5) is 13.2 Å². The molecule has 2 saturated heterocycles. The Bertz CT molecular complexity index is 1660. The van der Waals surface area contributed by atoms with Gasteiger partial charge < -0.3 is 14.4 Å². The largest absolute Gasteiger partial charge is 0.495 e. The molecule has 2 aromatic carbocycles. The standard InChI is InChI=1S/C33H40F3N3O5S/c1-21(2)45(41,42)29-18-25-27(19-28(29)43-3)37-31(22-9-8-10-23(17-22)33(34,35)36)26(30(25)32(40)44-4)20-38-15-11-24(12-16-38)39-13-6-5-7-14-39/h8-10,17-19,21,24H,5-7,11-16,20H2,1-4H3. The van der Waals surface area contributed by atoms with E-state index in [0.717, 1.165) is 51.2 Å². The molecule has 3 heterocycles. The Morgan fingerprint density at radius 2 is 1.71 bits per heavy atom. The predicted molar refractivity (Wildman–Crippen MR) is 166 cm³/mol. The molecule has 0 aliphatic carbocycles. The number of nitrogens with zero attached hydrogens (tertiary/aromatic N) is 3. The molecule has 0 radical (unpaired) electrons. The Labute approximate surface area is 262 Å². The molecule has 8 nitrogen and oxygen atoms in total. The van der Waals surface area contributed by atoms with Crippen molar-refractivity contribution in [2.45, 2.75) is 74.9 Å². The van der Waals surface area contributed by atoms with Crippen LogP contribution < -0.4 is 4.74 Å². The smallest absolute Gasteiger partial charge is 0.416 e. The molecule has 45 heavy (non-hydrogen) atoms. The molecule has 0 atom stereocenters. The molecule has 1 aromatic heterocycles. The number of likely N-dealkylation sites (tertiary alicyclic amines) is 2. The van der Waals surface area contributed by atoms with Gasteiger partial charge in [-0.15, -0.1) is 0 Å². The highest BCUT2D eigenvalue weighted by Crippen LogP contribution is 2.39. The van der Waals surface area contributed by atoms with Gasteiger partial charge in [-0.05, 0) is 83.9 Å². The molecule has 0 spiro atoms. The van der Waals surface area contributed by atoms with Gasteiger partial charge in [-0.2, -0.15) is 13.2 Å². The number of hydrogen-bond acceptors (Lipinski definition) is 8. The summed E-state index contributed by atoms with van der Waals surface area (Å²) < 4.78 is 78.8. The number of pyridine rings is 1. The van der Waals surface area contributed by atoms with E-state index < -0.39 is 32.8 Å². The first-order valence-electron chi connectivity index (χ1n) is 15.4. The van der Waals surface area contributed by atoms with Crippen molar-refractivity contribution in [1.29, 1.82) is 0 Å². The Morgan fingerprint density at radius 1 is 1.02 bits per heavy atom. The summed E-state index contributed by atoms with van der Waals surface area (Å²) in [6, 6.07) is 8.13. The van der Waals surface area contributed by atoms with E-state index in [1.54, 1.807) is 13.8 Å². The molecule has 0 unspecified atom stereocenters. The third-order valence-corrected chi connectivity index (χ3v) is 11.2. The lowest BCUT2D eigenvalue weighted by molar-refractivity contribution is -0.137. The molecule has 0 saturated carbocycles. The molecule has 244 valence electrons. The number of methoxy groups -OCH3 is 2. The number of carbonyl (C=O) groups excluding carboxylic acids is 1. The van der Waals surface area contributed by atoms with Crippen molar-refractivity contribution in [3.05, 3.63) is 53.1 Å². The third kappa shape index (κ3) is 6.83. The minimum absolute atomic E-state index is 0.0297. The lowest BCUT2D eigenvalue weighted by Gasteiger charge is -2.40. The fourth-order valence-electron chi connectivity index (χ4n) is 6.47. The number of hydrogen-bond donors (Lipinski definition) is 0. The summed E-state index contributed by atoms with van der Waals surface area (Å²) in [5.41, 5.74) is 0.223. The molecule has 2 aliphatic rings. The number of aromatic nitrogens is 1. The van der Waals surface area contributed by atoms with Gasteiger partial charge in [0.05, 0.1) is 41.8 Å². The number of halogens is 3. The maximum atomic E-state index is 13.8. The normalized spacial score (nSPS) is 17.6. The van der Waals surface area contributed by atoms with E-state index in [9.17, 15) is 26.4 Å². The summed E-state index contributed by atoms with van der Waals surface area (Å²) in [6.45, 7) is 6.98. The van der Waals surface area contributed by atoms with Crippen LogP contribution in [-0.4, -0.2) is 80.9 Å². The number of sulfone groups is 1. The van der Waals surface area contributed by atoms with E-state index in [4.69, 9.17) is 14.5 Å². The molecule has 0 bridgehead atoms. The second kappa shape index (κ2) is 13.3. The number of fused-ring (bicyclic) bond motifs is 1. The van der Waals surface area contributed by atoms with Crippen LogP contribution in [0.5, 0.6) is 5.75 Å². The number of alkyl halides is 3. The van der Waals surface area contributed by atoms with Gasteiger partial charge in [0.1, 0.15) is 10.6 Å². The zero-order chi connectivity index (χ0) is 32.5. The second-order valence-corrected chi connectivity index (χ2v) is 14.6. The fourth-order valence-corrected chi connectivity index (χ4v) is 7.68. The Balaban J connectivity index is 1.69. The number of piperidine rings is 2. The summed E-state index contributed by atoms with van der Waals surface area (Å²) in [7, 11) is -1.29. The maximum Gasteiger partial charge on any atom is 0.416 e. The van der Waals surface area contributed by atoms with E-state index in [1.807, 2.05) is 0 Å². The highest BCUT2D eigenvalue weighted by molar-refractivity contribution is 7.92. The van der Waals surface area contributed by atoms with Gasteiger partial charge >= 0.3 is 12.1 Å². The monoisotopic (exact) mass is 647 g/mol. The Hall–Kier alpha value is -3.22. The van der Waals surface area contributed by atoms with Crippen LogP contribution in [0.3, 0.4) is 0 Å². The molecule has 2 fully saturated rings. The van der Waals surface area contributed by atoms with Crippen LogP contribution in [0.25, 0.3) is 22.2 Å². The number of benzene rings is 2. The van der Waals surface area contributed by atoms with Gasteiger partial charge in [0.25, 0.3) is 0 Å². The summed E-state index contributed by atoms with van der Waals surface area (Å²) >= 11 is 0. The predicted octanol–water partition coefficient (Wildman–Crippen LogP) is 6.35. The van der Waals surface area contributed by atoms with Crippen molar-refractivity contribution in [3.63, 3.8) is 0 Å². The maximum absolute atomic E-state index is 13.8. The first-order chi connectivity index (χ1) is 21.3. The van der Waals surface area contributed by atoms with E-state index in [2.05, 4.69) is 9.80 Å². The Morgan fingerprint density at radius 3 is 2.31 bits per heavy atom. The van der Waals surface area contributed by atoms with Gasteiger partial charge in [0.15, 0.2) is 9.84 Å². The molecule has 2 aliphatic heterocycles. The van der Waals surface area contributed by atoms with Gasteiger partial charge in [-0.1, -0.05) is 18.6 Å². The van der Waals surface area contributed by atoms with Crippen LogP contribution in [0, 0.1) is 0 Å². The van der Waals surface area contributed by atoms with Gasteiger partial charge in [-0.3, -0.25) is 4.90 Å². The van der Waals surface area contributed by atoms with Crippen molar-refractivity contribution in [2.24, 2.45) is 0 Å². The lowest BCUT2D eigenvalue weighted by Crippen LogP contribution is -2.46. The number of esters is 1.